The zero-order chi connectivity index (χ0) is 19.7. The van der Waals surface area contributed by atoms with E-state index in [2.05, 4.69) is 15.0 Å². The highest BCUT2D eigenvalue weighted by Gasteiger charge is 2.46. The number of imidazole rings is 1. The molecule has 9 nitrogen and oxygen atoms in total. The molecule has 0 amide bonds. The molecular formula is C17H22N4O5S. The summed E-state index contributed by atoms with van der Waals surface area (Å²) in [5.41, 5.74) is 2.12. The van der Waals surface area contributed by atoms with Gasteiger partial charge in [0.05, 0.1) is 12.0 Å². The number of nitrogens with zero attached hydrogens (tertiary/aromatic N) is 4. The first-order valence-corrected chi connectivity index (χ1v) is 9.75. The highest BCUT2D eigenvalue weighted by molar-refractivity contribution is 7.98. The maximum absolute atomic E-state index is 11.5. The molecule has 3 rings (SSSR count). The van der Waals surface area contributed by atoms with Crippen LogP contribution in [0.25, 0.3) is 11.2 Å². The van der Waals surface area contributed by atoms with Crippen LogP contribution >= 0.6 is 11.8 Å². The van der Waals surface area contributed by atoms with Crippen molar-refractivity contribution < 1.29 is 23.8 Å². The lowest BCUT2D eigenvalue weighted by Gasteiger charge is -2.20. The normalized spacial score (nSPS) is 24.9. The number of carbonyl (C=O) groups excluding carboxylic acids is 2. The topological polar surface area (TPSA) is 105 Å². The van der Waals surface area contributed by atoms with Gasteiger partial charge in [0, 0.05) is 19.8 Å². The molecule has 0 radical (unpaired) electrons. The molecule has 0 aliphatic carbocycles. The van der Waals surface area contributed by atoms with E-state index in [0.29, 0.717) is 16.3 Å². The van der Waals surface area contributed by atoms with Crippen molar-refractivity contribution >= 4 is 34.9 Å². The fraction of sp³-hybridized carbons (Fsp3) is 0.588. The molecule has 2 aromatic rings. The summed E-state index contributed by atoms with van der Waals surface area (Å²) >= 11 is 1.44. The molecule has 1 saturated heterocycles. The monoisotopic (exact) mass is 394 g/mol. The van der Waals surface area contributed by atoms with Gasteiger partial charge in [-0.1, -0.05) is 18.7 Å². The zero-order valence-corrected chi connectivity index (χ0v) is 16.6. The molecule has 0 saturated carbocycles. The van der Waals surface area contributed by atoms with Crippen molar-refractivity contribution in [1.82, 2.24) is 19.5 Å². The average molecular weight is 394 g/mol. The van der Waals surface area contributed by atoms with E-state index < -0.39 is 30.4 Å². The van der Waals surface area contributed by atoms with Crippen LogP contribution in [0.1, 0.15) is 32.7 Å². The first-order valence-electron chi connectivity index (χ1n) is 8.53. The van der Waals surface area contributed by atoms with E-state index in [1.54, 1.807) is 6.33 Å². The third-order valence-corrected chi connectivity index (χ3v) is 4.98. The van der Waals surface area contributed by atoms with Crippen LogP contribution in [0.2, 0.25) is 0 Å². The molecule has 146 valence electrons. The van der Waals surface area contributed by atoms with Crippen LogP contribution in [-0.2, 0) is 23.8 Å². The van der Waals surface area contributed by atoms with Crippen LogP contribution in [0.4, 0.5) is 0 Å². The Morgan fingerprint density at radius 2 is 2.04 bits per heavy atom. The summed E-state index contributed by atoms with van der Waals surface area (Å²) in [4.78, 5) is 36.1. The largest absolute Gasteiger partial charge is 0.463 e. The predicted octanol–water partition coefficient (Wildman–Crippen LogP) is 1.88. The molecular weight excluding hydrogens is 372 g/mol. The second kappa shape index (κ2) is 7.81. The van der Waals surface area contributed by atoms with E-state index in [1.165, 1.54) is 25.6 Å². The van der Waals surface area contributed by atoms with E-state index in [1.807, 2.05) is 24.7 Å². The van der Waals surface area contributed by atoms with Gasteiger partial charge in [-0.15, -0.1) is 0 Å². The second-order valence-electron chi connectivity index (χ2n) is 6.42. The predicted molar refractivity (Wildman–Crippen MR) is 97.1 cm³/mol. The van der Waals surface area contributed by atoms with E-state index in [0.717, 1.165) is 5.69 Å². The van der Waals surface area contributed by atoms with Gasteiger partial charge in [0.25, 0.3) is 0 Å². The molecule has 10 heteroatoms. The number of rotatable bonds is 5. The van der Waals surface area contributed by atoms with Crippen molar-refractivity contribution in [2.24, 2.45) is 5.92 Å². The molecule has 0 spiro atoms. The summed E-state index contributed by atoms with van der Waals surface area (Å²) in [6.45, 7) is 6.47. The summed E-state index contributed by atoms with van der Waals surface area (Å²) in [7, 11) is 0. The summed E-state index contributed by atoms with van der Waals surface area (Å²) in [6.07, 6.45) is 1.97. The van der Waals surface area contributed by atoms with Crippen LogP contribution < -0.4 is 0 Å². The number of aromatic nitrogens is 4. The number of thioether (sulfide) groups is 1. The van der Waals surface area contributed by atoms with Crippen molar-refractivity contribution in [1.29, 1.82) is 0 Å². The van der Waals surface area contributed by atoms with Gasteiger partial charge in [-0.3, -0.25) is 14.2 Å². The van der Waals surface area contributed by atoms with Crippen LogP contribution in [0, 0.1) is 12.8 Å². The summed E-state index contributed by atoms with van der Waals surface area (Å²) in [6, 6.07) is 0. The molecule has 2 aromatic heterocycles. The first kappa shape index (κ1) is 19.6. The van der Waals surface area contributed by atoms with Crippen molar-refractivity contribution in [3.05, 3.63) is 12.0 Å². The lowest BCUT2D eigenvalue weighted by molar-refractivity contribution is -0.156. The third-order valence-electron chi connectivity index (χ3n) is 4.43. The molecule has 0 N–H and O–H groups in total. The van der Waals surface area contributed by atoms with E-state index in [4.69, 9.17) is 14.2 Å². The van der Waals surface area contributed by atoms with Crippen molar-refractivity contribution in [2.75, 3.05) is 12.9 Å². The number of aryl methyl sites for hydroxylation is 1. The number of carbonyl (C=O) groups is 2. The molecule has 1 fully saturated rings. The van der Waals surface area contributed by atoms with E-state index >= 15 is 0 Å². The molecule has 27 heavy (non-hydrogen) atoms. The highest BCUT2D eigenvalue weighted by Crippen LogP contribution is 2.38. The Balaban J connectivity index is 1.96. The van der Waals surface area contributed by atoms with Crippen molar-refractivity contribution in [3.63, 3.8) is 0 Å². The number of esters is 2. The standard InChI is InChI=1S/C17H22N4O5S/c1-8-14(25-11(4)23)12(6-24-10(3)22)26-16(8)21-7-18-13-9(2)19-17(27-5)20-15(13)21/h7-8,12,14,16H,6H2,1-5H3. The van der Waals surface area contributed by atoms with Gasteiger partial charge in [-0.05, 0) is 13.2 Å². The smallest absolute Gasteiger partial charge is 0.303 e. The third kappa shape index (κ3) is 3.91. The lowest BCUT2D eigenvalue weighted by atomic mass is 10.0. The minimum Gasteiger partial charge on any atom is -0.463 e. The van der Waals surface area contributed by atoms with Gasteiger partial charge in [0.1, 0.15) is 30.6 Å². The second-order valence-corrected chi connectivity index (χ2v) is 7.19. The Kier molecular flexibility index (Phi) is 5.66. The van der Waals surface area contributed by atoms with Crippen LogP contribution in [0.3, 0.4) is 0 Å². The molecule has 0 aromatic carbocycles. The SMILES string of the molecule is CSc1nc(C)c2ncn(C3OC(COC(C)=O)C(OC(C)=O)C3C)c2n1. The van der Waals surface area contributed by atoms with Gasteiger partial charge in [0.2, 0.25) is 0 Å². The Morgan fingerprint density at radius 3 is 2.67 bits per heavy atom. The average Bonchev–Trinajstić information content (AvgIpc) is 3.15. The fourth-order valence-corrected chi connectivity index (χ4v) is 3.62. The van der Waals surface area contributed by atoms with Gasteiger partial charge < -0.3 is 14.2 Å². The van der Waals surface area contributed by atoms with Crippen molar-refractivity contribution in [2.45, 2.75) is 51.3 Å². The van der Waals surface area contributed by atoms with Gasteiger partial charge in [-0.25, -0.2) is 15.0 Å². The minimum absolute atomic E-state index is 0.00479. The number of hydrogen-bond donors (Lipinski definition) is 0. The number of ether oxygens (including phenoxy) is 3. The van der Waals surface area contributed by atoms with Gasteiger partial charge in [-0.2, -0.15) is 0 Å². The summed E-state index contributed by atoms with van der Waals surface area (Å²) in [5.74, 6) is -1.03. The molecule has 1 aliphatic heterocycles. The van der Waals surface area contributed by atoms with Crippen LogP contribution in [-0.4, -0.2) is 56.5 Å². The Morgan fingerprint density at radius 1 is 1.30 bits per heavy atom. The molecule has 4 unspecified atom stereocenters. The summed E-state index contributed by atoms with van der Waals surface area (Å²) in [5, 5.41) is 0.639. The quantitative estimate of drug-likeness (QED) is 0.427. The molecule has 3 heterocycles. The maximum atomic E-state index is 11.5. The minimum atomic E-state index is -0.571. The highest BCUT2D eigenvalue weighted by atomic mass is 32.2. The fourth-order valence-electron chi connectivity index (χ4n) is 3.22. The van der Waals surface area contributed by atoms with Crippen LogP contribution in [0.15, 0.2) is 11.5 Å². The number of hydrogen-bond acceptors (Lipinski definition) is 9. The Hall–Kier alpha value is -2.20. The van der Waals surface area contributed by atoms with Gasteiger partial charge in [0.15, 0.2) is 10.8 Å². The zero-order valence-electron chi connectivity index (χ0n) is 15.8. The Bertz CT molecular complexity index is 870. The van der Waals surface area contributed by atoms with Gasteiger partial charge >= 0.3 is 11.9 Å². The first-order chi connectivity index (χ1) is 12.8. The van der Waals surface area contributed by atoms with Crippen molar-refractivity contribution in [3.8, 4) is 0 Å². The van der Waals surface area contributed by atoms with E-state index in [-0.39, 0.29) is 12.5 Å². The van der Waals surface area contributed by atoms with E-state index in [9.17, 15) is 9.59 Å². The lowest BCUT2D eigenvalue weighted by Crippen LogP contribution is -2.34. The molecule has 4 atom stereocenters. The summed E-state index contributed by atoms with van der Waals surface area (Å²) < 4.78 is 18.5. The maximum Gasteiger partial charge on any atom is 0.303 e. The molecule has 1 aliphatic rings. The van der Waals surface area contributed by atoms with Crippen LogP contribution in [0.5, 0.6) is 0 Å². The molecule has 0 bridgehead atoms. The Labute approximate surface area is 160 Å². The number of fused-ring (bicyclic) bond motifs is 1.